The molecule has 3 unspecified atom stereocenters. The van der Waals surface area contributed by atoms with Gasteiger partial charge < -0.3 is 9.63 Å². The summed E-state index contributed by atoms with van der Waals surface area (Å²) in [5.41, 5.74) is 0.643. The van der Waals surface area contributed by atoms with Crippen LogP contribution in [-0.4, -0.2) is 21.2 Å². The highest BCUT2D eigenvalue weighted by Crippen LogP contribution is 2.42. The monoisotopic (exact) mass is 290 g/mol. The highest BCUT2D eigenvalue weighted by Gasteiger charge is 2.41. The average molecular weight is 290 g/mol. The number of nitrogens with zero attached hydrogens (tertiary/aromatic N) is 2. The van der Waals surface area contributed by atoms with Crippen molar-refractivity contribution in [2.45, 2.75) is 25.7 Å². The normalized spacial score (nSPS) is 25.1. The molecule has 1 aliphatic carbocycles. The average Bonchev–Trinajstić information content (AvgIpc) is 3.06. The molecular weight excluding hydrogens is 275 g/mol. The maximum atomic E-state index is 12.9. The van der Waals surface area contributed by atoms with E-state index in [2.05, 4.69) is 10.1 Å². The molecule has 0 aliphatic heterocycles. The highest BCUT2D eigenvalue weighted by molar-refractivity contribution is 5.71. The molecule has 1 aromatic heterocycles. The predicted octanol–water partition coefficient (Wildman–Crippen LogP) is 3.09. The third kappa shape index (κ3) is 2.66. The van der Waals surface area contributed by atoms with Crippen LogP contribution in [0.2, 0.25) is 0 Å². The molecular formula is C15H15FN2O3. The molecule has 6 heteroatoms. The SMILES string of the molecule is CC1CC(C(=O)O)C(c2nc(-c3ccc(F)cc3)no2)C1. The summed E-state index contributed by atoms with van der Waals surface area (Å²) in [6, 6.07) is 5.78. The lowest BCUT2D eigenvalue weighted by Gasteiger charge is -2.09. The number of carbonyl (C=O) groups is 1. The van der Waals surface area contributed by atoms with Crippen molar-refractivity contribution in [2.24, 2.45) is 11.8 Å². The lowest BCUT2D eigenvalue weighted by molar-refractivity contribution is -0.142. The Bertz CT molecular complexity index is 653. The molecule has 1 N–H and O–H groups in total. The summed E-state index contributed by atoms with van der Waals surface area (Å²) < 4.78 is 18.2. The minimum absolute atomic E-state index is 0.251. The van der Waals surface area contributed by atoms with Gasteiger partial charge in [-0.05, 0) is 43.0 Å². The number of aromatic nitrogens is 2. The largest absolute Gasteiger partial charge is 0.481 e. The Balaban J connectivity index is 1.87. The zero-order chi connectivity index (χ0) is 15.0. The molecule has 3 rings (SSSR count). The second kappa shape index (κ2) is 5.27. The van der Waals surface area contributed by atoms with E-state index in [0.717, 1.165) is 6.42 Å². The number of benzene rings is 1. The molecule has 2 aromatic rings. The van der Waals surface area contributed by atoms with Crippen molar-refractivity contribution in [1.82, 2.24) is 10.1 Å². The van der Waals surface area contributed by atoms with Crippen LogP contribution in [-0.2, 0) is 4.79 Å². The smallest absolute Gasteiger partial charge is 0.307 e. The van der Waals surface area contributed by atoms with Gasteiger partial charge in [0.15, 0.2) is 0 Å². The zero-order valence-corrected chi connectivity index (χ0v) is 11.5. The third-order valence-corrected chi connectivity index (χ3v) is 3.98. The van der Waals surface area contributed by atoms with Gasteiger partial charge in [0, 0.05) is 5.56 Å². The van der Waals surface area contributed by atoms with E-state index in [1.165, 1.54) is 12.1 Å². The van der Waals surface area contributed by atoms with Crippen molar-refractivity contribution < 1.29 is 18.8 Å². The Morgan fingerprint density at radius 1 is 1.33 bits per heavy atom. The van der Waals surface area contributed by atoms with Gasteiger partial charge >= 0.3 is 5.97 Å². The summed E-state index contributed by atoms with van der Waals surface area (Å²) in [7, 11) is 0. The molecule has 5 nitrogen and oxygen atoms in total. The Hall–Kier alpha value is -2.24. The second-order valence-electron chi connectivity index (χ2n) is 5.59. The number of hydrogen-bond donors (Lipinski definition) is 1. The van der Waals surface area contributed by atoms with Crippen molar-refractivity contribution in [2.75, 3.05) is 0 Å². The van der Waals surface area contributed by atoms with E-state index in [1.54, 1.807) is 12.1 Å². The van der Waals surface area contributed by atoms with Crippen LogP contribution in [0.5, 0.6) is 0 Å². The lowest BCUT2D eigenvalue weighted by atomic mass is 9.96. The number of aliphatic carboxylic acids is 1. The van der Waals surface area contributed by atoms with Gasteiger partial charge in [-0.2, -0.15) is 4.98 Å². The van der Waals surface area contributed by atoms with Gasteiger partial charge in [0.2, 0.25) is 11.7 Å². The number of hydrogen-bond acceptors (Lipinski definition) is 4. The molecule has 0 radical (unpaired) electrons. The molecule has 21 heavy (non-hydrogen) atoms. The Morgan fingerprint density at radius 3 is 2.71 bits per heavy atom. The van der Waals surface area contributed by atoms with Gasteiger partial charge in [0.1, 0.15) is 5.82 Å². The molecule has 1 heterocycles. The van der Waals surface area contributed by atoms with Crippen LogP contribution in [0.15, 0.2) is 28.8 Å². The topological polar surface area (TPSA) is 76.2 Å². The summed E-state index contributed by atoms with van der Waals surface area (Å²) in [5, 5.41) is 13.2. The van der Waals surface area contributed by atoms with Gasteiger partial charge in [-0.15, -0.1) is 0 Å². The van der Waals surface area contributed by atoms with Crippen molar-refractivity contribution in [3.63, 3.8) is 0 Å². The molecule has 0 amide bonds. The molecule has 0 saturated heterocycles. The molecule has 110 valence electrons. The Morgan fingerprint density at radius 2 is 2.05 bits per heavy atom. The van der Waals surface area contributed by atoms with Gasteiger partial charge in [-0.1, -0.05) is 12.1 Å². The van der Waals surface area contributed by atoms with Crippen LogP contribution in [0, 0.1) is 17.7 Å². The fourth-order valence-corrected chi connectivity index (χ4v) is 2.94. The summed E-state index contributed by atoms with van der Waals surface area (Å²) in [6.45, 7) is 2.02. The van der Waals surface area contributed by atoms with E-state index < -0.39 is 11.9 Å². The maximum absolute atomic E-state index is 12.9. The first kappa shape index (κ1) is 13.7. The van der Waals surface area contributed by atoms with Crippen molar-refractivity contribution in [1.29, 1.82) is 0 Å². The standard InChI is InChI=1S/C15H15FN2O3/c1-8-6-11(12(7-8)15(19)20)14-17-13(18-21-14)9-2-4-10(16)5-3-9/h2-5,8,11-12H,6-7H2,1H3,(H,19,20). The fraction of sp³-hybridized carbons (Fsp3) is 0.400. The van der Waals surface area contributed by atoms with Gasteiger partial charge in [0.25, 0.3) is 0 Å². The van der Waals surface area contributed by atoms with Gasteiger partial charge in [0.05, 0.1) is 11.8 Å². The predicted molar refractivity (Wildman–Crippen MR) is 72.0 cm³/mol. The van der Waals surface area contributed by atoms with E-state index >= 15 is 0 Å². The van der Waals surface area contributed by atoms with Gasteiger partial charge in [-0.3, -0.25) is 4.79 Å². The van der Waals surface area contributed by atoms with Crippen LogP contribution >= 0.6 is 0 Å². The van der Waals surface area contributed by atoms with Crippen molar-refractivity contribution in [3.8, 4) is 11.4 Å². The lowest BCUT2D eigenvalue weighted by Crippen LogP contribution is -2.17. The summed E-state index contributed by atoms with van der Waals surface area (Å²) in [5.74, 6) is -0.873. The minimum Gasteiger partial charge on any atom is -0.481 e. The molecule has 1 aromatic carbocycles. The van der Waals surface area contributed by atoms with Crippen molar-refractivity contribution in [3.05, 3.63) is 36.0 Å². The molecule has 1 saturated carbocycles. The summed E-state index contributed by atoms with van der Waals surface area (Å²) >= 11 is 0. The van der Waals surface area contributed by atoms with E-state index in [4.69, 9.17) is 4.52 Å². The first-order chi connectivity index (χ1) is 10.0. The van der Waals surface area contributed by atoms with Crippen LogP contribution < -0.4 is 0 Å². The molecule has 3 atom stereocenters. The fourth-order valence-electron chi connectivity index (χ4n) is 2.94. The number of halogens is 1. The third-order valence-electron chi connectivity index (χ3n) is 3.98. The Labute approximate surface area is 120 Å². The zero-order valence-electron chi connectivity index (χ0n) is 11.5. The van der Waals surface area contributed by atoms with Crippen LogP contribution in [0.25, 0.3) is 11.4 Å². The molecule has 0 bridgehead atoms. The van der Waals surface area contributed by atoms with E-state index in [0.29, 0.717) is 29.6 Å². The van der Waals surface area contributed by atoms with Crippen LogP contribution in [0.3, 0.4) is 0 Å². The number of carboxylic acids is 1. The highest BCUT2D eigenvalue weighted by atomic mass is 19.1. The molecule has 0 spiro atoms. The Kier molecular flexibility index (Phi) is 3.45. The van der Waals surface area contributed by atoms with E-state index in [-0.39, 0.29) is 11.7 Å². The number of carboxylic acid groups (broad SMARTS) is 1. The molecule has 1 aliphatic rings. The van der Waals surface area contributed by atoms with Crippen molar-refractivity contribution >= 4 is 5.97 Å². The van der Waals surface area contributed by atoms with Crippen LogP contribution in [0.1, 0.15) is 31.6 Å². The van der Waals surface area contributed by atoms with E-state index in [1.807, 2.05) is 6.92 Å². The quantitative estimate of drug-likeness (QED) is 0.940. The summed E-state index contributed by atoms with van der Waals surface area (Å²) in [4.78, 5) is 15.6. The molecule has 1 fully saturated rings. The second-order valence-corrected chi connectivity index (χ2v) is 5.59. The van der Waals surface area contributed by atoms with Gasteiger partial charge in [-0.25, -0.2) is 4.39 Å². The maximum Gasteiger partial charge on any atom is 0.307 e. The first-order valence-electron chi connectivity index (χ1n) is 6.87. The van der Waals surface area contributed by atoms with Crippen LogP contribution in [0.4, 0.5) is 4.39 Å². The first-order valence-corrected chi connectivity index (χ1v) is 6.87. The van der Waals surface area contributed by atoms with E-state index in [9.17, 15) is 14.3 Å². The minimum atomic E-state index is -0.828. The number of rotatable bonds is 3. The summed E-state index contributed by atoms with van der Waals surface area (Å²) in [6.07, 6.45) is 1.34.